The number of benzene rings is 2. The van der Waals surface area contributed by atoms with E-state index in [2.05, 4.69) is 30.6 Å². The maximum atomic E-state index is 12.6. The largest absolute Gasteiger partial charge is 0.457 e. The third-order valence-electron chi connectivity index (χ3n) is 7.13. The van der Waals surface area contributed by atoms with Gasteiger partial charge in [0, 0.05) is 31.7 Å². The highest BCUT2D eigenvalue weighted by Crippen LogP contribution is 2.39. The number of carbonyl (C=O) groups is 2. The highest BCUT2D eigenvalue weighted by molar-refractivity contribution is 5.98. The molecule has 9 nitrogen and oxygen atoms in total. The van der Waals surface area contributed by atoms with Gasteiger partial charge in [-0.1, -0.05) is 24.8 Å². The van der Waals surface area contributed by atoms with Crippen LogP contribution in [0.5, 0.6) is 11.5 Å². The Morgan fingerprint density at radius 1 is 1.05 bits per heavy atom. The van der Waals surface area contributed by atoms with Crippen molar-refractivity contribution < 1.29 is 14.3 Å². The van der Waals surface area contributed by atoms with E-state index in [9.17, 15) is 9.59 Å². The van der Waals surface area contributed by atoms with E-state index in [1.165, 1.54) is 6.08 Å². The molecule has 3 N–H and O–H groups in total. The Morgan fingerprint density at radius 2 is 1.76 bits per heavy atom. The minimum Gasteiger partial charge on any atom is -0.457 e. The number of carbonyl (C=O) groups excluding carboxylic acids is 2. The number of nitrogens with two attached hydrogens (primary N) is 1. The summed E-state index contributed by atoms with van der Waals surface area (Å²) in [4.78, 5) is 29.2. The van der Waals surface area contributed by atoms with Crippen molar-refractivity contribution in [3.63, 3.8) is 0 Å². The molecule has 3 atom stereocenters. The van der Waals surface area contributed by atoms with Crippen LogP contribution in [0, 0.1) is 0 Å². The minimum atomic E-state index is -0.547. The number of hydrogen-bond acceptors (Lipinski definition) is 6. The van der Waals surface area contributed by atoms with Crippen molar-refractivity contribution >= 4 is 17.5 Å². The molecule has 2 aliphatic heterocycles. The summed E-state index contributed by atoms with van der Waals surface area (Å²) in [7, 11) is 0. The Kier molecular flexibility index (Phi) is 6.71. The Balaban J connectivity index is 1.45. The average molecular weight is 501 g/mol. The number of nitrogens with zero attached hydrogens (tertiary/aromatic N) is 4. The highest BCUT2D eigenvalue weighted by atomic mass is 16.5. The smallest absolute Gasteiger partial charge is 0.269 e. The molecule has 2 aliphatic rings. The second-order valence-electron chi connectivity index (χ2n) is 9.61. The molecule has 1 aromatic heterocycles. The van der Waals surface area contributed by atoms with Crippen molar-refractivity contribution in [2.24, 2.45) is 5.73 Å². The molecule has 9 heteroatoms. The molecule has 1 saturated heterocycles. The summed E-state index contributed by atoms with van der Waals surface area (Å²) in [6.45, 7) is 9.82. The van der Waals surface area contributed by atoms with Gasteiger partial charge in [0.05, 0.1) is 17.4 Å². The number of aromatic nitrogens is 2. The first-order valence-electron chi connectivity index (χ1n) is 12.6. The van der Waals surface area contributed by atoms with Crippen molar-refractivity contribution in [1.29, 1.82) is 0 Å². The number of fused-ring (bicyclic) bond motifs is 1. The second-order valence-corrected chi connectivity index (χ2v) is 9.61. The maximum Gasteiger partial charge on any atom is 0.269 e. The molecule has 0 saturated carbocycles. The molecule has 0 aliphatic carbocycles. The fourth-order valence-electron chi connectivity index (χ4n) is 5.34. The van der Waals surface area contributed by atoms with Crippen molar-refractivity contribution in [3.05, 3.63) is 78.6 Å². The molecule has 0 radical (unpaired) electrons. The number of amides is 2. The summed E-state index contributed by atoms with van der Waals surface area (Å²) in [6.07, 6.45) is 2.21. The Hall–Kier alpha value is -4.11. The third kappa shape index (κ3) is 4.70. The molecule has 0 bridgehead atoms. The first kappa shape index (κ1) is 24.6. The van der Waals surface area contributed by atoms with Crippen molar-refractivity contribution in [2.45, 2.75) is 38.4 Å². The normalized spacial score (nSPS) is 21.6. The van der Waals surface area contributed by atoms with Gasteiger partial charge in [-0.15, -0.1) is 0 Å². The number of nitrogens with one attached hydrogen (secondary N) is 1. The predicted octanol–water partition coefficient (Wildman–Crippen LogP) is 3.73. The summed E-state index contributed by atoms with van der Waals surface area (Å²) in [5.74, 6) is 0.825. The van der Waals surface area contributed by atoms with Gasteiger partial charge in [0.1, 0.15) is 17.2 Å². The molecule has 5 rings (SSSR count). The molecular formula is C28H32N6O3. The zero-order valence-corrected chi connectivity index (χ0v) is 21.1. The van der Waals surface area contributed by atoms with Gasteiger partial charge in [-0.25, -0.2) is 4.68 Å². The van der Waals surface area contributed by atoms with E-state index >= 15 is 0 Å². The van der Waals surface area contributed by atoms with Gasteiger partial charge in [-0.05, 0) is 62.7 Å². The highest BCUT2D eigenvalue weighted by Gasteiger charge is 2.40. The van der Waals surface area contributed by atoms with E-state index in [0.717, 1.165) is 17.9 Å². The van der Waals surface area contributed by atoms with Gasteiger partial charge >= 0.3 is 0 Å². The molecule has 2 amide bonds. The molecule has 1 unspecified atom stereocenters. The Labute approximate surface area is 216 Å². The molecule has 3 heterocycles. The number of rotatable bonds is 6. The average Bonchev–Trinajstić information content (AvgIpc) is 3.30. The number of anilines is 1. The van der Waals surface area contributed by atoms with Crippen LogP contribution in [0.15, 0.2) is 67.3 Å². The molecule has 192 valence electrons. The fraction of sp³-hybridized carbons (Fsp3) is 0.321. The van der Waals surface area contributed by atoms with Crippen LogP contribution in [0.1, 0.15) is 42.5 Å². The van der Waals surface area contributed by atoms with Crippen LogP contribution < -0.4 is 15.8 Å². The number of ether oxygens (including phenoxy) is 1. The molecular weight excluding hydrogens is 468 g/mol. The summed E-state index contributed by atoms with van der Waals surface area (Å²) < 4.78 is 7.53. The number of para-hydroxylation sites is 1. The first-order chi connectivity index (χ1) is 17.9. The van der Waals surface area contributed by atoms with E-state index in [4.69, 9.17) is 15.6 Å². The topological polar surface area (TPSA) is 106 Å². The molecule has 3 aromatic rings. The second kappa shape index (κ2) is 10.1. The number of piperazine rings is 1. The van der Waals surface area contributed by atoms with Crippen LogP contribution in [-0.2, 0) is 4.79 Å². The summed E-state index contributed by atoms with van der Waals surface area (Å²) >= 11 is 0. The standard InChI is InChI=1S/C28H32N6O3/c1-4-24(35)33-17-18(2)32(16-19(33)3)23-14-15-30-26-25(23)31-34(27(26)28(29)36)20-10-12-22(13-11-20)37-21-8-6-5-7-9-21/h4-13,18-19,23,30H,1,14-17H2,2-3H3,(H2,29,36)/t18-,19+,23?/m1/s1. The van der Waals surface area contributed by atoms with Gasteiger partial charge in [0.25, 0.3) is 5.91 Å². The monoisotopic (exact) mass is 500 g/mol. The predicted molar refractivity (Wildman–Crippen MR) is 142 cm³/mol. The summed E-state index contributed by atoms with van der Waals surface area (Å²) in [5.41, 5.74) is 8.38. The van der Waals surface area contributed by atoms with Gasteiger partial charge in [0.2, 0.25) is 5.91 Å². The van der Waals surface area contributed by atoms with Crippen molar-refractivity contribution in [3.8, 4) is 17.2 Å². The van der Waals surface area contributed by atoms with Crippen LogP contribution in [0.4, 0.5) is 5.69 Å². The lowest BCUT2D eigenvalue weighted by Crippen LogP contribution is -2.58. The quantitative estimate of drug-likeness (QED) is 0.500. The van der Waals surface area contributed by atoms with Crippen LogP contribution in [-0.4, -0.2) is 63.1 Å². The number of hydrogen-bond donors (Lipinski definition) is 2. The zero-order chi connectivity index (χ0) is 26.1. The van der Waals surface area contributed by atoms with E-state index in [0.29, 0.717) is 42.5 Å². The zero-order valence-electron chi connectivity index (χ0n) is 21.1. The Bertz CT molecular complexity index is 1300. The van der Waals surface area contributed by atoms with Crippen LogP contribution in [0.25, 0.3) is 5.69 Å². The third-order valence-corrected chi connectivity index (χ3v) is 7.13. The van der Waals surface area contributed by atoms with E-state index < -0.39 is 5.91 Å². The van der Waals surface area contributed by atoms with Crippen molar-refractivity contribution in [2.75, 3.05) is 25.0 Å². The lowest BCUT2D eigenvalue weighted by atomic mass is 9.97. The first-order valence-corrected chi connectivity index (χ1v) is 12.6. The van der Waals surface area contributed by atoms with Crippen LogP contribution in [0.3, 0.4) is 0 Å². The molecule has 0 spiro atoms. The number of primary amides is 1. The van der Waals surface area contributed by atoms with Gasteiger partial charge in [0.15, 0.2) is 5.69 Å². The molecule has 2 aromatic carbocycles. The molecule has 1 fully saturated rings. The minimum absolute atomic E-state index is 0.00489. The van der Waals surface area contributed by atoms with E-state index in [1.54, 1.807) is 4.68 Å². The molecule has 37 heavy (non-hydrogen) atoms. The Morgan fingerprint density at radius 3 is 2.43 bits per heavy atom. The summed E-state index contributed by atoms with van der Waals surface area (Å²) in [5, 5.41) is 8.28. The van der Waals surface area contributed by atoms with E-state index in [1.807, 2.05) is 59.5 Å². The fourth-order valence-corrected chi connectivity index (χ4v) is 5.34. The van der Waals surface area contributed by atoms with Crippen molar-refractivity contribution in [1.82, 2.24) is 19.6 Å². The van der Waals surface area contributed by atoms with Gasteiger partial charge in [-0.3, -0.25) is 14.5 Å². The van der Waals surface area contributed by atoms with E-state index in [-0.39, 0.29) is 24.0 Å². The lowest BCUT2D eigenvalue weighted by Gasteiger charge is -2.47. The lowest BCUT2D eigenvalue weighted by molar-refractivity contribution is -0.132. The van der Waals surface area contributed by atoms with Crippen LogP contribution >= 0.6 is 0 Å². The van der Waals surface area contributed by atoms with Gasteiger partial charge < -0.3 is 20.7 Å². The van der Waals surface area contributed by atoms with Gasteiger partial charge in [-0.2, -0.15) is 5.10 Å². The van der Waals surface area contributed by atoms with Crippen LogP contribution in [0.2, 0.25) is 0 Å². The SMILES string of the molecule is C=CC(=O)N1C[C@@H](C)N(C2CCNc3c2nn(-c2ccc(Oc4ccccc4)cc2)c3C(N)=O)C[C@@H]1C. The summed E-state index contributed by atoms with van der Waals surface area (Å²) in [6, 6.07) is 17.1. The maximum absolute atomic E-state index is 12.6.